The second-order valence-electron chi connectivity index (χ2n) is 2.63. The summed E-state index contributed by atoms with van der Waals surface area (Å²) in [4.78, 5) is 0. The lowest BCUT2D eigenvalue weighted by Gasteiger charge is -2.04. The zero-order valence-electron chi connectivity index (χ0n) is 6.98. The minimum atomic E-state index is 1.13. The van der Waals surface area contributed by atoms with Gasteiger partial charge in [-0.1, -0.05) is 51.3 Å². The number of halogens is 2. The zero-order chi connectivity index (χ0) is 8.97. The van der Waals surface area contributed by atoms with Crippen LogP contribution >= 0.6 is 31.9 Å². The smallest absolute Gasteiger partial charge is 0.0221 e. The number of hydrogen-bond donors (Lipinski definition) is 0. The molecule has 65 valence electrons. The average Bonchev–Trinajstić information content (AvgIpc) is 2.04. The summed E-state index contributed by atoms with van der Waals surface area (Å²) in [6.45, 7) is 2.18. The molecule has 0 saturated heterocycles. The molecule has 0 spiro atoms. The fourth-order valence-electron chi connectivity index (χ4n) is 0.994. The molecule has 0 bridgehead atoms. The van der Waals surface area contributed by atoms with Crippen molar-refractivity contribution in [3.8, 4) is 0 Å². The Labute approximate surface area is 90.6 Å². The fourth-order valence-corrected chi connectivity index (χ4v) is 2.32. The van der Waals surface area contributed by atoms with Crippen LogP contribution in [0.4, 0.5) is 0 Å². The van der Waals surface area contributed by atoms with Gasteiger partial charge >= 0.3 is 0 Å². The lowest BCUT2D eigenvalue weighted by atomic mass is 10.1. The van der Waals surface area contributed by atoms with Gasteiger partial charge in [-0.3, -0.25) is 0 Å². The van der Waals surface area contributed by atoms with E-state index in [0.717, 1.165) is 15.4 Å². The lowest BCUT2D eigenvalue weighted by Crippen LogP contribution is -1.85. The van der Waals surface area contributed by atoms with Gasteiger partial charge in [0.25, 0.3) is 0 Å². The highest BCUT2D eigenvalue weighted by molar-refractivity contribution is 9.11. The molecule has 1 aromatic rings. The predicted molar refractivity (Wildman–Crippen MR) is 60.2 cm³/mol. The van der Waals surface area contributed by atoms with Crippen LogP contribution in [0.1, 0.15) is 25.3 Å². The van der Waals surface area contributed by atoms with Gasteiger partial charge in [-0.25, -0.2) is 0 Å². The summed E-state index contributed by atoms with van der Waals surface area (Å²) in [7, 11) is 0. The summed E-state index contributed by atoms with van der Waals surface area (Å²) in [5.41, 5.74) is 1.26. The molecule has 1 aromatic carbocycles. The molecular weight excluding hydrogens is 280 g/mol. The monoisotopic (exact) mass is 289 g/mol. The van der Waals surface area contributed by atoms with Crippen molar-refractivity contribution in [1.82, 2.24) is 0 Å². The van der Waals surface area contributed by atoms with E-state index in [9.17, 15) is 0 Å². The summed E-state index contributed by atoms with van der Waals surface area (Å²) >= 11 is 7.03. The highest BCUT2D eigenvalue weighted by Gasteiger charge is 2.02. The largest absolute Gasteiger partial charge is 0.0654 e. The molecule has 12 heavy (non-hydrogen) atoms. The highest BCUT2D eigenvalue weighted by Crippen LogP contribution is 2.27. The maximum absolute atomic E-state index is 3.52. The van der Waals surface area contributed by atoms with Crippen LogP contribution in [0, 0.1) is 6.42 Å². The zero-order valence-corrected chi connectivity index (χ0v) is 10.2. The van der Waals surface area contributed by atoms with Crippen LogP contribution in [-0.2, 0) is 0 Å². The molecule has 0 aliphatic carbocycles. The predicted octanol–water partition coefficient (Wildman–Crippen LogP) is 4.56. The maximum atomic E-state index is 3.52. The molecule has 0 amide bonds. The Morgan fingerprint density at radius 3 is 2.33 bits per heavy atom. The van der Waals surface area contributed by atoms with Crippen molar-refractivity contribution < 1.29 is 0 Å². The first-order chi connectivity index (χ1) is 5.75. The number of hydrogen-bond acceptors (Lipinski definition) is 0. The molecule has 2 heteroatoms. The average molecular weight is 291 g/mol. The first-order valence-corrected chi connectivity index (χ1v) is 5.61. The second-order valence-corrected chi connectivity index (χ2v) is 4.34. The Kier molecular flexibility index (Phi) is 4.30. The van der Waals surface area contributed by atoms with E-state index in [4.69, 9.17) is 0 Å². The Morgan fingerprint density at radius 1 is 1.25 bits per heavy atom. The van der Waals surface area contributed by atoms with Gasteiger partial charge in [0.1, 0.15) is 0 Å². The molecule has 0 nitrogen and oxygen atoms in total. The quantitative estimate of drug-likeness (QED) is 0.765. The molecular formula is C10H11Br2. The molecule has 0 N–H and O–H groups in total. The van der Waals surface area contributed by atoms with Crippen LogP contribution in [0.15, 0.2) is 27.1 Å². The third kappa shape index (κ3) is 2.60. The van der Waals surface area contributed by atoms with E-state index < -0.39 is 0 Å². The molecule has 0 atom stereocenters. The first kappa shape index (κ1) is 10.3. The van der Waals surface area contributed by atoms with Gasteiger partial charge in [0.05, 0.1) is 0 Å². The normalized spacial score (nSPS) is 10.2. The van der Waals surface area contributed by atoms with Crippen LogP contribution in [0.5, 0.6) is 0 Å². The molecule has 1 rings (SSSR count). The van der Waals surface area contributed by atoms with Gasteiger partial charge in [0.15, 0.2) is 0 Å². The van der Waals surface area contributed by atoms with E-state index >= 15 is 0 Å². The van der Waals surface area contributed by atoms with Gasteiger partial charge in [-0.15, -0.1) is 0 Å². The Bertz CT molecular complexity index is 236. The van der Waals surface area contributed by atoms with E-state index in [2.05, 4.69) is 57.3 Å². The van der Waals surface area contributed by atoms with Crippen LogP contribution < -0.4 is 0 Å². The molecule has 0 aliphatic heterocycles. The van der Waals surface area contributed by atoms with Crippen molar-refractivity contribution in [3.63, 3.8) is 0 Å². The summed E-state index contributed by atoms with van der Waals surface area (Å²) < 4.78 is 2.32. The number of rotatable bonds is 3. The van der Waals surface area contributed by atoms with Crippen molar-refractivity contribution >= 4 is 31.9 Å². The molecule has 1 radical (unpaired) electrons. The van der Waals surface area contributed by atoms with Gasteiger partial charge in [-0.05, 0) is 30.5 Å². The van der Waals surface area contributed by atoms with Crippen molar-refractivity contribution in [3.05, 3.63) is 39.1 Å². The van der Waals surface area contributed by atoms with E-state index in [0.29, 0.717) is 0 Å². The van der Waals surface area contributed by atoms with E-state index in [1.807, 2.05) is 6.07 Å². The van der Waals surface area contributed by atoms with Crippen molar-refractivity contribution in [2.24, 2.45) is 0 Å². The summed E-state index contributed by atoms with van der Waals surface area (Å²) in [6, 6.07) is 6.15. The van der Waals surface area contributed by atoms with Crippen molar-refractivity contribution in [1.29, 1.82) is 0 Å². The Balaban J connectivity index is 2.81. The fraction of sp³-hybridized carbons (Fsp3) is 0.300. The van der Waals surface area contributed by atoms with Gasteiger partial charge in [-0.2, -0.15) is 0 Å². The molecule has 0 aromatic heterocycles. The molecule has 0 saturated carbocycles. The van der Waals surface area contributed by atoms with Crippen LogP contribution in [-0.4, -0.2) is 0 Å². The standard InChI is InChI=1S/C10H11Br2/c1-2-3-5-8-9(11)6-4-7-10(8)12/h4-7H,2-3H2,1H3. The van der Waals surface area contributed by atoms with Crippen LogP contribution in [0.25, 0.3) is 0 Å². The molecule has 0 unspecified atom stereocenters. The number of unbranched alkanes of at least 4 members (excludes halogenated alkanes) is 1. The van der Waals surface area contributed by atoms with E-state index in [1.54, 1.807) is 0 Å². The maximum Gasteiger partial charge on any atom is 0.0221 e. The summed E-state index contributed by atoms with van der Waals surface area (Å²) in [6.07, 6.45) is 4.56. The molecule has 0 fully saturated rings. The lowest BCUT2D eigenvalue weighted by molar-refractivity contribution is 0.911. The summed E-state index contributed by atoms with van der Waals surface area (Å²) in [5.74, 6) is 0. The minimum absolute atomic E-state index is 1.13. The highest BCUT2D eigenvalue weighted by atomic mass is 79.9. The molecule has 0 heterocycles. The van der Waals surface area contributed by atoms with Gasteiger partial charge < -0.3 is 0 Å². The van der Waals surface area contributed by atoms with Crippen molar-refractivity contribution in [2.75, 3.05) is 0 Å². The minimum Gasteiger partial charge on any atom is -0.0654 e. The second kappa shape index (κ2) is 5.03. The van der Waals surface area contributed by atoms with Gasteiger partial charge in [0, 0.05) is 8.95 Å². The molecule has 0 aliphatic rings. The third-order valence-corrected chi connectivity index (χ3v) is 3.02. The topological polar surface area (TPSA) is 0 Å². The van der Waals surface area contributed by atoms with E-state index in [-0.39, 0.29) is 0 Å². The van der Waals surface area contributed by atoms with Crippen LogP contribution in [0.3, 0.4) is 0 Å². The van der Waals surface area contributed by atoms with Crippen molar-refractivity contribution in [2.45, 2.75) is 19.8 Å². The van der Waals surface area contributed by atoms with E-state index in [1.165, 1.54) is 12.0 Å². The van der Waals surface area contributed by atoms with Gasteiger partial charge in [0.2, 0.25) is 0 Å². The Hall–Kier alpha value is 0.180. The third-order valence-electron chi connectivity index (χ3n) is 1.64. The first-order valence-electron chi connectivity index (χ1n) is 4.03. The Morgan fingerprint density at radius 2 is 1.83 bits per heavy atom. The summed E-state index contributed by atoms with van der Waals surface area (Å²) in [5, 5.41) is 0. The SMILES string of the molecule is CCC[CH]c1c(Br)cccc1Br. The van der Waals surface area contributed by atoms with Crippen LogP contribution in [0.2, 0.25) is 0 Å². The number of benzene rings is 1.